The zero-order valence-electron chi connectivity index (χ0n) is 19.7. The number of pyridine rings is 2. The fraction of sp³-hybridized carbons (Fsp3) is 0.185. The van der Waals surface area contributed by atoms with E-state index in [9.17, 15) is 4.79 Å². The van der Waals surface area contributed by atoms with Crippen LogP contribution in [0.5, 0.6) is 5.75 Å². The number of ether oxygens (including phenoxy) is 1. The number of methoxy groups -OCH3 is 1. The van der Waals surface area contributed by atoms with E-state index >= 15 is 0 Å². The SMILES string of the molecule is COc1ccccc1NC(=O)CCN1C(=S)N[C@@H](c2ccccn2)[C@H]1c1cccn1-c1ccccn1. The summed E-state index contributed by atoms with van der Waals surface area (Å²) in [5, 5.41) is 6.96. The zero-order chi connectivity index (χ0) is 24.9. The molecule has 36 heavy (non-hydrogen) atoms. The van der Waals surface area contributed by atoms with Gasteiger partial charge in [0.1, 0.15) is 11.6 Å². The number of anilines is 1. The number of benzene rings is 1. The lowest BCUT2D eigenvalue weighted by Crippen LogP contribution is -2.33. The van der Waals surface area contributed by atoms with Crippen molar-refractivity contribution in [3.63, 3.8) is 0 Å². The van der Waals surface area contributed by atoms with Crippen LogP contribution in [0.1, 0.15) is 29.9 Å². The Bertz CT molecular complexity index is 1340. The van der Waals surface area contributed by atoms with Crippen LogP contribution in [0, 0.1) is 0 Å². The topological polar surface area (TPSA) is 84.3 Å². The van der Waals surface area contributed by atoms with Gasteiger partial charge in [0.2, 0.25) is 5.91 Å². The third-order valence-electron chi connectivity index (χ3n) is 6.14. The van der Waals surface area contributed by atoms with Crippen molar-refractivity contribution in [2.45, 2.75) is 18.5 Å². The molecule has 1 saturated heterocycles. The van der Waals surface area contributed by atoms with Crippen LogP contribution >= 0.6 is 12.2 Å². The highest BCUT2D eigenvalue weighted by Crippen LogP contribution is 2.39. The molecule has 0 unspecified atom stereocenters. The molecule has 1 aliphatic rings. The quantitative estimate of drug-likeness (QED) is 0.351. The fourth-order valence-corrected chi connectivity index (χ4v) is 4.82. The summed E-state index contributed by atoms with van der Waals surface area (Å²) in [6.45, 7) is 0.425. The number of thiocarbonyl (C=S) groups is 1. The van der Waals surface area contributed by atoms with E-state index in [0.29, 0.717) is 23.1 Å². The first-order valence-electron chi connectivity index (χ1n) is 11.7. The largest absolute Gasteiger partial charge is 0.495 e. The van der Waals surface area contributed by atoms with E-state index in [1.807, 2.05) is 72.9 Å². The number of carbonyl (C=O) groups is 1. The Hall–Kier alpha value is -4.24. The fourth-order valence-electron chi connectivity index (χ4n) is 4.49. The molecule has 1 fully saturated rings. The van der Waals surface area contributed by atoms with Crippen LogP contribution in [-0.4, -0.2) is 44.1 Å². The standard InChI is InChI=1S/C27H26N6O2S/c1-35-22-12-3-2-9-19(22)30-24(34)14-18-33-26(25(31-27(33)36)20-10-4-6-15-28-20)21-11-8-17-32(21)23-13-5-7-16-29-23/h2-13,15-17,25-26H,14,18H2,1H3,(H,30,34)(H,31,36)/t25-,26+/m0/s1. The summed E-state index contributed by atoms with van der Waals surface area (Å²) in [4.78, 5) is 24.1. The Kier molecular flexibility index (Phi) is 6.90. The van der Waals surface area contributed by atoms with E-state index in [2.05, 4.69) is 36.1 Å². The van der Waals surface area contributed by atoms with E-state index in [4.69, 9.17) is 17.0 Å². The molecule has 0 aliphatic carbocycles. The Balaban J connectivity index is 1.43. The van der Waals surface area contributed by atoms with Crippen molar-refractivity contribution in [2.24, 2.45) is 0 Å². The van der Waals surface area contributed by atoms with Gasteiger partial charge in [-0.3, -0.25) is 9.78 Å². The number of amides is 1. The Morgan fingerprint density at radius 3 is 2.56 bits per heavy atom. The molecule has 2 N–H and O–H groups in total. The van der Waals surface area contributed by atoms with Crippen LogP contribution in [0.15, 0.2) is 91.4 Å². The summed E-state index contributed by atoms with van der Waals surface area (Å²) in [5.41, 5.74) is 2.51. The molecule has 3 aromatic heterocycles. The number of hydrogen-bond acceptors (Lipinski definition) is 5. The summed E-state index contributed by atoms with van der Waals surface area (Å²) in [6, 6.07) is 22.7. The molecule has 8 nitrogen and oxygen atoms in total. The molecule has 0 radical (unpaired) electrons. The number of nitrogens with one attached hydrogen (secondary N) is 2. The smallest absolute Gasteiger partial charge is 0.226 e. The van der Waals surface area contributed by atoms with E-state index in [-0.39, 0.29) is 24.4 Å². The average molecular weight is 499 g/mol. The predicted molar refractivity (Wildman–Crippen MR) is 142 cm³/mol. The number of aromatic nitrogens is 3. The van der Waals surface area contributed by atoms with E-state index < -0.39 is 0 Å². The van der Waals surface area contributed by atoms with Crippen molar-refractivity contribution in [1.29, 1.82) is 0 Å². The number of hydrogen-bond donors (Lipinski definition) is 2. The first kappa shape index (κ1) is 23.5. The molecule has 1 amide bonds. The van der Waals surface area contributed by atoms with Crippen molar-refractivity contribution < 1.29 is 9.53 Å². The summed E-state index contributed by atoms with van der Waals surface area (Å²) >= 11 is 5.76. The first-order chi connectivity index (χ1) is 17.7. The Morgan fingerprint density at radius 1 is 1.03 bits per heavy atom. The van der Waals surface area contributed by atoms with Crippen LogP contribution in [0.3, 0.4) is 0 Å². The van der Waals surface area contributed by atoms with Crippen molar-refractivity contribution in [2.75, 3.05) is 19.0 Å². The van der Waals surface area contributed by atoms with Gasteiger partial charge in [0.05, 0.1) is 30.6 Å². The molecule has 4 aromatic rings. The minimum atomic E-state index is -0.191. The number of rotatable bonds is 8. The van der Waals surface area contributed by atoms with Crippen LogP contribution in [-0.2, 0) is 4.79 Å². The van der Waals surface area contributed by atoms with Crippen molar-refractivity contribution in [3.8, 4) is 11.6 Å². The van der Waals surface area contributed by atoms with Crippen LogP contribution in [0.2, 0.25) is 0 Å². The molecule has 1 aliphatic heterocycles. The molecule has 1 aromatic carbocycles. The lowest BCUT2D eigenvalue weighted by molar-refractivity contribution is -0.116. The monoisotopic (exact) mass is 498 g/mol. The molecule has 0 bridgehead atoms. The maximum atomic E-state index is 12.9. The van der Waals surface area contributed by atoms with Gasteiger partial charge in [-0.15, -0.1) is 0 Å². The minimum Gasteiger partial charge on any atom is -0.495 e. The van der Waals surface area contributed by atoms with Gasteiger partial charge in [0, 0.05) is 37.3 Å². The zero-order valence-corrected chi connectivity index (χ0v) is 20.6. The van der Waals surface area contributed by atoms with E-state index in [1.54, 1.807) is 19.5 Å². The molecule has 2 atom stereocenters. The molecule has 5 rings (SSSR count). The maximum absolute atomic E-state index is 12.9. The van der Waals surface area contributed by atoms with Gasteiger partial charge in [-0.25, -0.2) is 4.98 Å². The molecule has 9 heteroatoms. The predicted octanol–water partition coefficient (Wildman–Crippen LogP) is 4.28. The number of para-hydroxylation sites is 2. The Morgan fingerprint density at radius 2 is 1.81 bits per heavy atom. The van der Waals surface area contributed by atoms with Gasteiger partial charge in [-0.1, -0.05) is 24.3 Å². The molecule has 0 saturated carbocycles. The minimum absolute atomic E-state index is 0.123. The maximum Gasteiger partial charge on any atom is 0.226 e. The van der Waals surface area contributed by atoms with Gasteiger partial charge in [-0.2, -0.15) is 0 Å². The highest BCUT2D eigenvalue weighted by atomic mass is 32.1. The van der Waals surface area contributed by atoms with Crippen molar-refractivity contribution >= 4 is 28.9 Å². The van der Waals surface area contributed by atoms with Crippen LogP contribution < -0.4 is 15.4 Å². The lowest BCUT2D eigenvalue weighted by Gasteiger charge is -2.28. The highest BCUT2D eigenvalue weighted by molar-refractivity contribution is 7.80. The molecule has 0 spiro atoms. The highest BCUT2D eigenvalue weighted by Gasteiger charge is 2.41. The van der Waals surface area contributed by atoms with Crippen LogP contribution in [0.4, 0.5) is 5.69 Å². The third-order valence-corrected chi connectivity index (χ3v) is 6.49. The number of nitrogens with zero attached hydrogens (tertiary/aromatic N) is 4. The summed E-state index contributed by atoms with van der Waals surface area (Å²) < 4.78 is 7.41. The second-order valence-corrected chi connectivity index (χ2v) is 8.70. The van der Waals surface area contributed by atoms with Crippen molar-refractivity contribution in [1.82, 2.24) is 24.8 Å². The normalized spacial score (nSPS) is 17.0. The number of carbonyl (C=O) groups excluding carboxylic acids is 1. The van der Waals surface area contributed by atoms with Crippen LogP contribution in [0.25, 0.3) is 5.82 Å². The molecule has 4 heterocycles. The van der Waals surface area contributed by atoms with Gasteiger partial charge in [0.25, 0.3) is 0 Å². The van der Waals surface area contributed by atoms with Gasteiger partial charge < -0.3 is 24.8 Å². The molecular weight excluding hydrogens is 472 g/mol. The van der Waals surface area contributed by atoms with Gasteiger partial charge >= 0.3 is 0 Å². The Labute approximate surface area is 215 Å². The van der Waals surface area contributed by atoms with Gasteiger partial charge in [0.15, 0.2) is 5.11 Å². The second-order valence-electron chi connectivity index (χ2n) is 8.31. The second kappa shape index (κ2) is 10.6. The third kappa shape index (κ3) is 4.78. The average Bonchev–Trinajstić information content (AvgIpc) is 3.53. The van der Waals surface area contributed by atoms with Gasteiger partial charge in [-0.05, 0) is 60.7 Å². The summed E-state index contributed by atoms with van der Waals surface area (Å²) in [6.07, 6.45) is 5.78. The lowest BCUT2D eigenvalue weighted by atomic mass is 10.0. The summed E-state index contributed by atoms with van der Waals surface area (Å²) in [7, 11) is 1.58. The molecule has 182 valence electrons. The van der Waals surface area contributed by atoms with Crippen molar-refractivity contribution in [3.05, 3.63) is 103 Å². The van der Waals surface area contributed by atoms with E-state index in [0.717, 1.165) is 17.2 Å². The molecular formula is C27H26N6O2S. The first-order valence-corrected chi connectivity index (χ1v) is 12.1. The summed E-state index contributed by atoms with van der Waals surface area (Å²) in [5.74, 6) is 1.30. The van der Waals surface area contributed by atoms with E-state index in [1.165, 1.54) is 0 Å².